The van der Waals surface area contributed by atoms with Gasteiger partial charge < -0.3 is 9.15 Å². The highest BCUT2D eigenvalue weighted by molar-refractivity contribution is 6.08. The van der Waals surface area contributed by atoms with Crippen LogP contribution < -0.4 is 0 Å². The van der Waals surface area contributed by atoms with Gasteiger partial charge in [-0.1, -0.05) is 12.1 Å². The van der Waals surface area contributed by atoms with E-state index in [1.54, 1.807) is 37.3 Å². The summed E-state index contributed by atoms with van der Waals surface area (Å²) in [5.41, 5.74) is 0.754. The zero-order valence-corrected chi connectivity index (χ0v) is 9.88. The normalized spacial score (nSPS) is 10.1. The Balaban J connectivity index is 2.27. The highest BCUT2D eigenvalue weighted by Gasteiger charge is 2.14. The summed E-state index contributed by atoms with van der Waals surface area (Å²) in [5.74, 6) is -0.450. The van der Waals surface area contributed by atoms with Gasteiger partial charge in [-0.05, 0) is 31.2 Å². The van der Waals surface area contributed by atoms with Crippen molar-refractivity contribution in [1.82, 2.24) is 0 Å². The summed E-state index contributed by atoms with van der Waals surface area (Å²) in [7, 11) is 0. The second kappa shape index (κ2) is 5.31. The van der Waals surface area contributed by atoms with Gasteiger partial charge in [0.15, 0.2) is 5.76 Å². The summed E-state index contributed by atoms with van der Waals surface area (Å²) in [5, 5.41) is 0. The maximum absolute atomic E-state index is 12.0. The maximum Gasteiger partial charge on any atom is 0.338 e. The summed E-state index contributed by atoms with van der Waals surface area (Å²) in [6, 6.07) is 9.61. The van der Waals surface area contributed by atoms with E-state index < -0.39 is 5.97 Å². The zero-order chi connectivity index (χ0) is 13.0. The minimum atomic E-state index is -0.438. The number of hydrogen-bond acceptors (Lipinski definition) is 4. The molecule has 0 bridgehead atoms. The van der Waals surface area contributed by atoms with E-state index in [2.05, 4.69) is 0 Å². The molecular formula is C14H12O4. The first-order valence-corrected chi connectivity index (χ1v) is 5.57. The van der Waals surface area contributed by atoms with Gasteiger partial charge in [0, 0.05) is 5.56 Å². The lowest BCUT2D eigenvalue weighted by Crippen LogP contribution is -2.07. The van der Waals surface area contributed by atoms with Gasteiger partial charge in [-0.25, -0.2) is 4.79 Å². The van der Waals surface area contributed by atoms with Gasteiger partial charge >= 0.3 is 5.97 Å². The van der Waals surface area contributed by atoms with E-state index in [4.69, 9.17) is 9.15 Å². The van der Waals surface area contributed by atoms with Gasteiger partial charge in [0.05, 0.1) is 18.4 Å². The summed E-state index contributed by atoms with van der Waals surface area (Å²) in [4.78, 5) is 23.5. The minimum Gasteiger partial charge on any atom is -0.462 e. The quantitative estimate of drug-likeness (QED) is 0.613. The number of rotatable bonds is 4. The van der Waals surface area contributed by atoms with Crippen LogP contribution in [0.25, 0.3) is 0 Å². The Bertz CT molecular complexity index is 555. The number of esters is 1. The van der Waals surface area contributed by atoms with Crippen molar-refractivity contribution in [2.45, 2.75) is 6.92 Å². The van der Waals surface area contributed by atoms with Crippen LogP contribution in [0.3, 0.4) is 0 Å². The molecule has 2 aromatic rings. The summed E-state index contributed by atoms with van der Waals surface area (Å²) in [6.07, 6.45) is 1.43. The Morgan fingerprint density at radius 3 is 2.61 bits per heavy atom. The fraction of sp³-hybridized carbons (Fsp3) is 0.143. The Hall–Kier alpha value is -2.36. The van der Waals surface area contributed by atoms with Crippen molar-refractivity contribution in [3.63, 3.8) is 0 Å². The minimum absolute atomic E-state index is 0.246. The Kier molecular flexibility index (Phi) is 3.57. The van der Waals surface area contributed by atoms with Gasteiger partial charge in [-0.2, -0.15) is 0 Å². The van der Waals surface area contributed by atoms with Crippen molar-refractivity contribution in [3.05, 3.63) is 59.5 Å². The molecule has 4 nitrogen and oxygen atoms in total. The fourth-order valence-corrected chi connectivity index (χ4v) is 1.55. The standard InChI is InChI=1S/C14H12O4/c1-2-17-14(16)11-6-3-5-10(9-11)13(15)12-7-4-8-18-12/h3-9H,2H2,1H3. The van der Waals surface area contributed by atoms with Crippen molar-refractivity contribution in [2.75, 3.05) is 6.61 Å². The molecule has 0 N–H and O–H groups in total. The molecular weight excluding hydrogens is 232 g/mol. The molecule has 0 atom stereocenters. The van der Waals surface area contributed by atoms with Crippen LogP contribution in [0.4, 0.5) is 0 Å². The number of hydrogen-bond donors (Lipinski definition) is 0. The summed E-state index contributed by atoms with van der Waals surface area (Å²) < 4.78 is 9.91. The molecule has 1 aromatic carbocycles. The molecule has 0 spiro atoms. The molecule has 0 aliphatic heterocycles. The first-order chi connectivity index (χ1) is 8.72. The third-order valence-electron chi connectivity index (χ3n) is 2.38. The van der Waals surface area contributed by atoms with Crippen LogP contribution in [0, 0.1) is 0 Å². The molecule has 0 saturated heterocycles. The Morgan fingerprint density at radius 2 is 1.94 bits per heavy atom. The number of carbonyl (C=O) groups excluding carboxylic acids is 2. The smallest absolute Gasteiger partial charge is 0.338 e. The predicted molar refractivity (Wildman–Crippen MR) is 64.5 cm³/mol. The number of carbonyl (C=O) groups is 2. The van der Waals surface area contributed by atoms with E-state index in [0.717, 1.165) is 0 Å². The zero-order valence-electron chi connectivity index (χ0n) is 9.88. The molecule has 2 rings (SSSR count). The highest BCUT2D eigenvalue weighted by atomic mass is 16.5. The highest BCUT2D eigenvalue weighted by Crippen LogP contribution is 2.13. The summed E-state index contributed by atoms with van der Waals surface area (Å²) in [6.45, 7) is 2.03. The maximum atomic E-state index is 12.0. The van der Waals surface area contributed by atoms with E-state index >= 15 is 0 Å². The molecule has 0 radical (unpaired) electrons. The molecule has 0 saturated carbocycles. The largest absolute Gasteiger partial charge is 0.462 e. The molecule has 4 heteroatoms. The van der Waals surface area contributed by atoms with Crippen LogP contribution >= 0.6 is 0 Å². The second-order valence-electron chi connectivity index (χ2n) is 3.61. The lowest BCUT2D eigenvalue weighted by Gasteiger charge is -2.03. The molecule has 92 valence electrons. The van der Waals surface area contributed by atoms with Crippen LogP contribution in [-0.4, -0.2) is 18.4 Å². The van der Waals surface area contributed by atoms with Crippen LogP contribution in [0.2, 0.25) is 0 Å². The second-order valence-corrected chi connectivity index (χ2v) is 3.61. The van der Waals surface area contributed by atoms with E-state index in [1.807, 2.05) is 0 Å². The third-order valence-corrected chi connectivity index (χ3v) is 2.38. The van der Waals surface area contributed by atoms with Gasteiger partial charge in [-0.3, -0.25) is 4.79 Å². The van der Waals surface area contributed by atoms with E-state index in [9.17, 15) is 9.59 Å². The van der Waals surface area contributed by atoms with Crippen molar-refractivity contribution in [2.24, 2.45) is 0 Å². The average Bonchev–Trinajstić information content (AvgIpc) is 2.92. The molecule has 1 aromatic heterocycles. The topological polar surface area (TPSA) is 56.5 Å². The number of benzene rings is 1. The molecule has 0 amide bonds. The van der Waals surface area contributed by atoms with Gasteiger partial charge in [0.2, 0.25) is 5.78 Å². The van der Waals surface area contributed by atoms with Crippen molar-refractivity contribution >= 4 is 11.8 Å². The average molecular weight is 244 g/mol. The first-order valence-electron chi connectivity index (χ1n) is 5.57. The fourth-order valence-electron chi connectivity index (χ4n) is 1.55. The van der Waals surface area contributed by atoms with Crippen molar-refractivity contribution < 1.29 is 18.7 Å². The van der Waals surface area contributed by atoms with E-state index in [1.165, 1.54) is 12.3 Å². The molecule has 0 aliphatic rings. The lowest BCUT2D eigenvalue weighted by atomic mass is 10.1. The first kappa shape index (κ1) is 12.1. The van der Waals surface area contributed by atoms with Crippen LogP contribution in [0.15, 0.2) is 47.1 Å². The van der Waals surface area contributed by atoms with Crippen molar-refractivity contribution in [3.8, 4) is 0 Å². The Labute approximate surface area is 104 Å². The Morgan fingerprint density at radius 1 is 1.17 bits per heavy atom. The van der Waals surface area contributed by atoms with Gasteiger partial charge in [0.25, 0.3) is 0 Å². The lowest BCUT2D eigenvalue weighted by molar-refractivity contribution is 0.0526. The number of ether oxygens (including phenoxy) is 1. The van der Waals surface area contributed by atoms with E-state index in [-0.39, 0.29) is 11.5 Å². The van der Waals surface area contributed by atoms with Crippen LogP contribution in [0.1, 0.15) is 33.4 Å². The number of ketones is 1. The molecule has 1 heterocycles. The molecule has 0 unspecified atom stereocenters. The monoisotopic (exact) mass is 244 g/mol. The number of furan rings is 1. The van der Waals surface area contributed by atoms with Crippen molar-refractivity contribution in [1.29, 1.82) is 0 Å². The van der Waals surface area contributed by atoms with Crippen LogP contribution in [0.5, 0.6) is 0 Å². The molecule has 0 fully saturated rings. The van der Waals surface area contributed by atoms with Gasteiger partial charge in [-0.15, -0.1) is 0 Å². The predicted octanol–water partition coefficient (Wildman–Crippen LogP) is 2.69. The molecule has 0 aliphatic carbocycles. The van der Waals surface area contributed by atoms with Crippen LogP contribution in [-0.2, 0) is 4.74 Å². The third kappa shape index (κ3) is 2.48. The SMILES string of the molecule is CCOC(=O)c1cccc(C(=O)c2ccco2)c1. The molecule has 18 heavy (non-hydrogen) atoms. The summed E-state index contributed by atoms with van der Waals surface area (Å²) >= 11 is 0. The van der Waals surface area contributed by atoms with Gasteiger partial charge in [0.1, 0.15) is 0 Å². The van der Waals surface area contributed by atoms with E-state index in [0.29, 0.717) is 17.7 Å².